The van der Waals surface area contributed by atoms with Crippen molar-refractivity contribution in [3.63, 3.8) is 0 Å². The molecule has 0 fully saturated rings. The Morgan fingerprint density at radius 1 is 1.37 bits per heavy atom. The van der Waals surface area contributed by atoms with E-state index < -0.39 is 10.0 Å². The van der Waals surface area contributed by atoms with Gasteiger partial charge in [-0.25, -0.2) is 13.1 Å². The van der Waals surface area contributed by atoms with Crippen LogP contribution in [0.5, 0.6) is 0 Å². The van der Waals surface area contributed by atoms with Crippen LogP contribution in [-0.2, 0) is 23.2 Å². The molecule has 0 aromatic carbocycles. The van der Waals surface area contributed by atoms with Gasteiger partial charge in [-0.3, -0.25) is 0 Å². The zero-order chi connectivity index (χ0) is 14.0. The molecular formula is C12H15NO3S3. The monoisotopic (exact) mass is 317 g/mol. The molecule has 0 aliphatic rings. The molecule has 0 bridgehead atoms. The van der Waals surface area contributed by atoms with Gasteiger partial charge in [0.2, 0.25) is 10.0 Å². The Morgan fingerprint density at radius 3 is 2.68 bits per heavy atom. The molecule has 0 aliphatic carbocycles. The third-order valence-electron chi connectivity index (χ3n) is 2.79. The van der Waals surface area contributed by atoms with Crippen LogP contribution in [0.15, 0.2) is 22.4 Å². The first-order valence-electron chi connectivity index (χ1n) is 5.67. The number of rotatable bonds is 5. The zero-order valence-electron chi connectivity index (χ0n) is 10.6. The van der Waals surface area contributed by atoms with Gasteiger partial charge >= 0.3 is 0 Å². The van der Waals surface area contributed by atoms with Crippen LogP contribution in [0.2, 0.25) is 0 Å². The number of nitrogens with one attached hydrogen (secondary N) is 1. The maximum absolute atomic E-state index is 12.1. The van der Waals surface area contributed by atoms with E-state index in [2.05, 4.69) is 4.72 Å². The van der Waals surface area contributed by atoms with Gasteiger partial charge in [0.15, 0.2) is 0 Å². The minimum atomic E-state index is -3.55. The summed E-state index contributed by atoms with van der Waals surface area (Å²) in [4.78, 5) is 2.82. The molecule has 104 valence electrons. The molecule has 0 aliphatic heterocycles. The second-order valence-electron chi connectivity index (χ2n) is 4.14. The average molecular weight is 317 g/mol. The lowest BCUT2D eigenvalue weighted by molar-refractivity contribution is 0.282. The van der Waals surface area contributed by atoms with Crippen LogP contribution in [-0.4, -0.2) is 13.5 Å². The predicted molar refractivity (Wildman–Crippen MR) is 78.1 cm³/mol. The molecule has 0 saturated heterocycles. The molecule has 7 heteroatoms. The van der Waals surface area contributed by atoms with Gasteiger partial charge in [0.25, 0.3) is 0 Å². The Hall–Kier alpha value is -0.730. The summed E-state index contributed by atoms with van der Waals surface area (Å²) in [6.45, 7) is 4.04. The highest BCUT2D eigenvalue weighted by molar-refractivity contribution is 7.89. The van der Waals surface area contributed by atoms with Gasteiger partial charge in [0.05, 0.1) is 11.5 Å². The van der Waals surface area contributed by atoms with Crippen molar-refractivity contribution < 1.29 is 13.5 Å². The summed E-state index contributed by atoms with van der Waals surface area (Å²) in [6, 6.07) is 3.51. The molecule has 0 spiro atoms. The SMILES string of the molecule is Cc1cc(CNS(=O)(=O)c2ccsc2CO)sc1C. The summed E-state index contributed by atoms with van der Waals surface area (Å²) < 4.78 is 26.8. The minimum absolute atomic E-state index is 0.171. The third-order valence-corrected chi connectivity index (χ3v) is 6.46. The van der Waals surface area contributed by atoms with E-state index in [4.69, 9.17) is 5.11 Å². The van der Waals surface area contributed by atoms with Gasteiger partial charge in [-0.2, -0.15) is 0 Å². The summed E-state index contributed by atoms with van der Waals surface area (Å²) in [5.41, 5.74) is 1.17. The number of hydrogen-bond acceptors (Lipinski definition) is 5. The molecule has 0 radical (unpaired) electrons. The fraction of sp³-hybridized carbons (Fsp3) is 0.333. The topological polar surface area (TPSA) is 66.4 Å². The van der Waals surface area contributed by atoms with Crippen molar-refractivity contribution in [3.8, 4) is 0 Å². The summed E-state index contributed by atoms with van der Waals surface area (Å²) in [5.74, 6) is 0. The Kier molecular flexibility index (Phi) is 4.42. The fourth-order valence-electron chi connectivity index (χ4n) is 1.66. The molecule has 0 unspecified atom stereocenters. The highest BCUT2D eigenvalue weighted by atomic mass is 32.2. The van der Waals surface area contributed by atoms with Crippen LogP contribution in [0, 0.1) is 13.8 Å². The van der Waals surface area contributed by atoms with Crippen LogP contribution in [0.4, 0.5) is 0 Å². The molecule has 2 heterocycles. The third kappa shape index (κ3) is 3.24. The van der Waals surface area contributed by atoms with Crippen molar-refractivity contribution in [2.24, 2.45) is 0 Å². The smallest absolute Gasteiger partial charge is 0.242 e. The lowest BCUT2D eigenvalue weighted by Gasteiger charge is -2.05. The Bertz CT molecular complexity index is 651. The Morgan fingerprint density at radius 2 is 2.11 bits per heavy atom. The highest BCUT2D eigenvalue weighted by Crippen LogP contribution is 2.23. The van der Waals surface area contributed by atoms with Crippen molar-refractivity contribution in [1.29, 1.82) is 0 Å². The van der Waals surface area contributed by atoms with Crippen LogP contribution >= 0.6 is 22.7 Å². The van der Waals surface area contributed by atoms with Crippen molar-refractivity contribution in [3.05, 3.63) is 37.7 Å². The molecule has 0 saturated carbocycles. The Balaban J connectivity index is 2.14. The molecular weight excluding hydrogens is 302 g/mol. The van der Waals surface area contributed by atoms with Gasteiger partial charge < -0.3 is 5.11 Å². The minimum Gasteiger partial charge on any atom is -0.391 e. The fourth-order valence-corrected chi connectivity index (χ4v) is 5.05. The Labute approximate surface area is 120 Å². The molecule has 2 rings (SSSR count). The van der Waals surface area contributed by atoms with E-state index in [0.717, 1.165) is 4.88 Å². The summed E-state index contributed by atoms with van der Waals surface area (Å²) in [6.07, 6.45) is 0. The van der Waals surface area contributed by atoms with Crippen LogP contribution < -0.4 is 4.72 Å². The van der Waals surface area contributed by atoms with E-state index in [1.54, 1.807) is 16.7 Å². The maximum Gasteiger partial charge on any atom is 0.242 e. The highest BCUT2D eigenvalue weighted by Gasteiger charge is 2.19. The number of sulfonamides is 1. The zero-order valence-corrected chi connectivity index (χ0v) is 13.1. The number of aliphatic hydroxyl groups is 1. The standard InChI is InChI=1S/C12H15NO3S3/c1-8-5-10(18-9(8)2)6-13-19(15,16)12-3-4-17-11(12)7-14/h3-5,13-14H,6-7H2,1-2H3. The first-order chi connectivity index (χ1) is 8.94. The number of aliphatic hydroxyl groups excluding tert-OH is 1. The van der Waals surface area contributed by atoms with E-state index in [1.807, 2.05) is 19.9 Å². The van der Waals surface area contributed by atoms with Crippen molar-refractivity contribution >= 4 is 32.7 Å². The largest absolute Gasteiger partial charge is 0.391 e. The molecule has 0 atom stereocenters. The second-order valence-corrected chi connectivity index (χ2v) is 8.22. The summed E-state index contributed by atoms with van der Waals surface area (Å²) in [5, 5.41) is 10.8. The summed E-state index contributed by atoms with van der Waals surface area (Å²) >= 11 is 2.83. The van der Waals surface area contributed by atoms with E-state index in [1.165, 1.54) is 27.8 Å². The molecule has 2 aromatic rings. The van der Waals surface area contributed by atoms with Crippen LogP contribution in [0.1, 0.15) is 20.2 Å². The first-order valence-corrected chi connectivity index (χ1v) is 8.85. The number of aryl methyl sites for hydroxylation is 2. The molecule has 2 N–H and O–H groups in total. The lowest BCUT2D eigenvalue weighted by Crippen LogP contribution is -2.23. The van der Waals surface area contributed by atoms with Gasteiger partial charge in [-0.15, -0.1) is 22.7 Å². The van der Waals surface area contributed by atoms with Crippen LogP contribution in [0.25, 0.3) is 0 Å². The van der Waals surface area contributed by atoms with Gasteiger partial charge in [0.1, 0.15) is 0 Å². The lowest BCUT2D eigenvalue weighted by atomic mass is 10.3. The summed E-state index contributed by atoms with van der Waals surface area (Å²) in [7, 11) is -3.55. The molecule has 4 nitrogen and oxygen atoms in total. The maximum atomic E-state index is 12.1. The van der Waals surface area contributed by atoms with Crippen LogP contribution in [0.3, 0.4) is 0 Å². The molecule has 19 heavy (non-hydrogen) atoms. The van der Waals surface area contributed by atoms with Gasteiger partial charge in [0, 0.05) is 21.2 Å². The van der Waals surface area contributed by atoms with E-state index in [0.29, 0.717) is 4.88 Å². The van der Waals surface area contributed by atoms with E-state index in [9.17, 15) is 8.42 Å². The predicted octanol–water partition coefficient (Wildman–Crippen LogP) is 2.40. The van der Waals surface area contributed by atoms with Gasteiger partial charge in [-0.1, -0.05) is 0 Å². The quantitative estimate of drug-likeness (QED) is 0.890. The number of hydrogen-bond donors (Lipinski definition) is 2. The number of thiophene rings is 2. The van der Waals surface area contributed by atoms with E-state index in [-0.39, 0.29) is 18.0 Å². The van der Waals surface area contributed by atoms with Crippen molar-refractivity contribution in [2.75, 3.05) is 0 Å². The normalized spacial score (nSPS) is 11.9. The van der Waals surface area contributed by atoms with Gasteiger partial charge in [-0.05, 0) is 36.9 Å². The first kappa shape index (κ1) is 14.7. The van der Waals surface area contributed by atoms with E-state index >= 15 is 0 Å². The molecule has 2 aromatic heterocycles. The van der Waals surface area contributed by atoms with Crippen molar-refractivity contribution in [2.45, 2.75) is 31.9 Å². The molecule has 0 amide bonds. The average Bonchev–Trinajstić information content (AvgIpc) is 2.95. The second kappa shape index (κ2) is 5.72. The van der Waals surface area contributed by atoms with Crippen molar-refractivity contribution in [1.82, 2.24) is 4.72 Å².